The number of benzene rings is 3. The molecule has 1 aromatic heterocycles. The quantitative estimate of drug-likeness (QED) is 0.452. The third-order valence-corrected chi connectivity index (χ3v) is 5.56. The van der Waals surface area contributed by atoms with E-state index in [0.717, 1.165) is 11.1 Å². The summed E-state index contributed by atoms with van der Waals surface area (Å²) in [5.41, 5.74) is 4.04. The third-order valence-electron chi connectivity index (χ3n) is 4.82. The summed E-state index contributed by atoms with van der Waals surface area (Å²) in [6.45, 7) is 0.538. The lowest BCUT2D eigenvalue weighted by Gasteiger charge is -2.07. The third kappa shape index (κ3) is 5.48. The number of anilines is 1. The summed E-state index contributed by atoms with van der Waals surface area (Å²) in [6.07, 6.45) is 1.74. The van der Waals surface area contributed by atoms with Crippen LogP contribution in [0.1, 0.15) is 21.5 Å². The summed E-state index contributed by atoms with van der Waals surface area (Å²) < 4.78 is 24.3. The number of nitrogens with one attached hydrogen (secondary N) is 1. The lowest BCUT2D eigenvalue weighted by molar-refractivity contribution is 0.102. The van der Waals surface area contributed by atoms with Gasteiger partial charge < -0.3 is 5.32 Å². The predicted octanol–water partition coefficient (Wildman–Crippen LogP) is 3.64. The second-order valence-electron chi connectivity index (χ2n) is 7.40. The first-order valence-electron chi connectivity index (χ1n) is 9.95. The average molecular weight is 447 g/mol. The molecule has 0 bridgehead atoms. The number of hydrogen-bond donors (Lipinski definition) is 2. The Kier molecular flexibility index (Phi) is 6.16. The molecule has 1 amide bonds. The van der Waals surface area contributed by atoms with Gasteiger partial charge in [-0.2, -0.15) is 5.10 Å². The van der Waals surface area contributed by atoms with Gasteiger partial charge in [0.15, 0.2) is 0 Å². The molecule has 0 spiro atoms. The highest BCUT2D eigenvalue weighted by molar-refractivity contribution is 7.88. The molecule has 0 aliphatic rings. The van der Waals surface area contributed by atoms with E-state index in [1.165, 1.54) is 0 Å². The number of nitrogens with two attached hydrogens (primary N) is 1. The first-order chi connectivity index (χ1) is 15.4. The van der Waals surface area contributed by atoms with E-state index in [2.05, 4.69) is 10.4 Å². The first kappa shape index (κ1) is 21.5. The van der Waals surface area contributed by atoms with Crippen molar-refractivity contribution in [1.82, 2.24) is 9.78 Å². The summed E-state index contributed by atoms with van der Waals surface area (Å²) in [4.78, 5) is 13.1. The fourth-order valence-corrected chi connectivity index (χ4v) is 4.02. The van der Waals surface area contributed by atoms with Gasteiger partial charge in [-0.1, -0.05) is 72.8 Å². The highest BCUT2D eigenvalue weighted by atomic mass is 32.2. The fraction of sp³-hybridized carbons (Fsp3) is 0.0833. The topological polar surface area (TPSA) is 107 Å². The molecule has 0 aliphatic heterocycles. The van der Waals surface area contributed by atoms with E-state index in [0.29, 0.717) is 29.1 Å². The van der Waals surface area contributed by atoms with E-state index in [-0.39, 0.29) is 11.7 Å². The minimum absolute atomic E-state index is 0.258. The molecule has 0 radical (unpaired) electrons. The number of carbonyl (C=O) groups excluding carboxylic acids is 1. The second kappa shape index (κ2) is 9.17. The summed E-state index contributed by atoms with van der Waals surface area (Å²) in [5, 5.41) is 12.6. The van der Waals surface area contributed by atoms with Gasteiger partial charge in [0, 0.05) is 17.4 Å². The lowest BCUT2D eigenvalue weighted by atomic mass is 10.1. The summed E-state index contributed by atoms with van der Waals surface area (Å²) in [5.74, 6) is -0.562. The lowest BCUT2D eigenvalue weighted by Crippen LogP contribution is -2.15. The van der Waals surface area contributed by atoms with Crippen LogP contribution in [0.15, 0.2) is 91.1 Å². The standard InChI is InChI=1S/C24H22N4O3S/c25-32(30,31)17-19-11-13-21(14-12-19)26-24(29)22-16-28(15-18-7-3-1-4-8-18)27-23(22)20-9-5-2-6-10-20/h1-14,16H,15,17H2,(H,26,29)(H2,25,30,31). The maximum absolute atomic E-state index is 13.1. The van der Waals surface area contributed by atoms with Crippen molar-refractivity contribution < 1.29 is 13.2 Å². The van der Waals surface area contributed by atoms with Gasteiger partial charge in [0.05, 0.1) is 17.9 Å². The number of hydrogen-bond acceptors (Lipinski definition) is 4. The van der Waals surface area contributed by atoms with Gasteiger partial charge in [-0.3, -0.25) is 9.48 Å². The van der Waals surface area contributed by atoms with Gasteiger partial charge >= 0.3 is 0 Å². The number of primary sulfonamides is 1. The van der Waals surface area contributed by atoms with Crippen molar-refractivity contribution in [2.75, 3.05) is 5.32 Å². The van der Waals surface area contributed by atoms with E-state index >= 15 is 0 Å². The highest BCUT2D eigenvalue weighted by Gasteiger charge is 2.18. The van der Waals surface area contributed by atoms with Gasteiger partial charge in [0.25, 0.3) is 5.91 Å². The molecule has 3 N–H and O–H groups in total. The minimum atomic E-state index is -3.61. The Hall–Kier alpha value is -3.75. The van der Waals surface area contributed by atoms with Crippen LogP contribution >= 0.6 is 0 Å². The monoisotopic (exact) mass is 446 g/mol. The zero-order chi connectivity index (χ0) is 22.6. The molecule has 0 atom stereocenters. The number of rotatable bonds is 7. The van der Waals surface area contributed by atoms with Crippen LogP contribution in [0, 0.1) is 0 Å². The van der Waals surface area contributed by atoms with Gasteiger partial charge in [0.1, 0.15) is 5.69 Å². The van der Waals surface area contributed by atoms with Crippen LogP contribution in [0.5, 0.6) is 0 Å². The molecule has 0 aliphatic carbocycles. The molecule has 1 heterocycles. The molecule has 0 fully saturated rings. The molecular weight excluding hydrogens is 424 g/mol. The van der Waals surface area contributed by atoms with Crippen LogP contribution in [0.2, 0.25) is 0 Å². The van der Waals surface area contributed by atoms with Gasteiger partial charge in [-0.25, -0.2) is 13.6 Å². The number of carbonyl (C=O) groups is 1. The van der Waals surface area contributed by atoms with Gasteiger partial charge in [0.2, 0.25) is 10.0 Å². The number of amides is 1. The fourth-order valence-electron chi connectivity index (χ4n) is 3.36. The summed E-state index contributed by atoms with van der Waals surface area (Å²) in [6, 6.07) is 26.0. The Morgan fingerprint density at radius 3 is 2.12 bits per heavy atom. The van der Waals surface area contributed by atoms with Gasteiger partial charge in [-0.15, -0.1) is 0 Å². The molecule has 4 aromatic rings. The molecule has 32 heavy (non-hydrogen) atoms. The largest absolute Gasteiger partial charge is 0.322 e. The Labute approximate surface area is 186 Å². The molecular formula is C24H22N4O3S. The van der Waals surface area contributed by atoms with Gasteiger partial charge in [-0.05, 0) is 23.3 Å². The van der Waals surface area contributed by atoms with Crippen molar-refractivity contribution in [2.45, 2.75) is 12.3 Å². The SMILES string of the molecule is NS(=O)(=O)Cc1ccc(NC(=O)c2cn(Cc3ccccc3)nc2-c2ccccc2)cc1. The molecule has 4 rings (SSSR count). The minimum Gasteiger partial charge on any atom is -0.322 e. The molecule has 0 unspecified atom stereocenters. The molecule has 3 aromatic carbocycles. The van der Waals surface area contributed by atoms with E-state index in [4.69, 9.17) is 5.14 Å². The van der Waals surface area contributed by atoms with Crippen molar-refractivity contribution in [3.63, 3.8) is 0 Å². The van der Waals surface area contributed by atoms with Crippen LogP contribution in [0.4, 0.5) is 5.69 Å². The number of sulfonamides is 1. The van der Waals surface area contributed by atoms with Crippen LogP contribution in [-0.2, 0) is 22.3 Å². The van der Waals surface area contributed by atoms with Crippen molar-refractivity contribution >= 4 is 21.6 Å². The highest BCUT2D eigenvalue weighted by Crippen LogP contribution is 2.24. The zero-order valence-electron chi connectivity index (χ0n) is 17.2. The maximum atomic E-state index is 13.1. The molecule has 0 saturated heterocycles. The Bertz CT molecular complexity index is 1320. The first-order valence-corrected chi connectivity index (χ1v) is 11.7. The Balaban J connectivity index is 1.60. The van der Waals surface area contributed by atoms with Crippen molar-refractivity contribution in [1.29, 1.82) is 0 Å². The van der Waals surface area contributed by atoms with Crippen LogP contribution in [0.25, 0.3) is 11.3 Å². The van der Waals surface area contributed by atoms with Crippen LogP contribution in [0.3, 0.4) is 0 Å². The molecule has 8 heteroatoms. The predicted molar refractivity (Wildman–Crippen MR) is 124 cm³/mol. The van der Waals surface area contributed by atoms with Crippen molar-refractivity contribution in [3.8, 4) is 11.3 Å². The zero-order valence-corrected chi connectivity index (χ0v) is 18.0. The van der Waals surface area contributed by atoms with E-state index in [1.54, 1.807) is 35.1 Å². The van der Waals surface area contributed by atoms with E-state index in [1.807, 2.05) is 60.7 Å². The van der Waals surface area contributed by atoms with Crippen molar-refractivity contribution in [3.05, 3.63) is 108 Å². The smallest absolute Gasteiger partial charge is 0.259 e. The van der Waals surface area contributed by atoms with E-state index < -0.39 is 10.0 Å². The number of aromatic nitrogens is 2. The Morgan fingerprint density at radius 1 is 0.875 bits per heavy atom. The Morgan fingerprint density at radius 2 is 1.50 bits per heavy atom. The molecule has 162 valence electrons. The number of nitrogens with zero attached hydrogens (tertiary/aromatic N) is 2. The summed E-state index contributed by atoms with van der Waals surface area (Å²) in [7, 11) is -3.61. The second-order valence-corrected chi connectivity index (χ2v) is 9.01. The average Bonchev–Trinajstić information content (AvgIpc) is 3.19. The molecule has 7 nitrogen and oxygen atoms in total. The molecule has 0 saturated carbocycles. The van der Waals surface area contributed by atoms with Crippen molar-refractivity contribution in [2.24, 2.45) is 5.14 Å². The van der Waals surface area contributed by atoms with Crippen LogP contribution in [-0.4, -0.2) is 24.1 Å². The normalized spacial score (nSPS) is 11.3. The van der Waals surface area contributed by atoms with E-state index in [9.17, 15) is 13.2 Å². The summed E-state index contributed by atoms with van der Waals surface area (Å²) >= 11 is 0. The van der Waals surface area contributed by atoms with Crippen LogP contribution < -0.4 is 10.5 Å². The maximum Gasteiger partial charge on any atom is 0.259 e.